The van der Waals surface area contributed by atoms with Crippen LogP contribution >= 0.6 is 0 Å². The maximum Gasteiger partial charge on any atom is 0.490 e. The number of carboxylic acids is 3. The summed E-state index contributed by atoms with van der Waals surface area (Å²) in [5, 5.41) is 21.4. The lowest BCUT2D eigenvalue weighted by Gasteiger charge is -2.53. The van der Waals surface area contributed by atoms with Gasteiger partial charge in [-0.1, -0.05) is 6.07 Å². The predicted molar refractivity (Wildman–Crippen MR) is 132 cm³/mol. The van der Waals surface area contributed by atoms with E-state index in [2.05, 4.69) is 39.9 Å². The molecule has 0 saturated carbocycles. The number of nitrogens with zero attached hydrogens (tertiary/aromatic N) is 3. The molecule has 0 amide bonds. The van der Waals surface area contributed by atoms with E-state index in [-0.39, 0.29) is 5.60 Å². The lowest BCUT2D eigenvalue weighted by atomic mass is 9.82. The first kappa shape index (κ1) is 38.8. The minimum absolute atomic E-state index is 0.158. The number of hydrogen-bond acceptors (Lipinski definition) is 7. The fraction of sp³-hybridized carbons (Fsp3) is 0.680. The summed E-state index contributed by atoms with van der Waals surface area (Å²) in [6.07, 6.45) is -9.89. The standard InChI is InChI=1S/C19H29N3O.3C2HF3O2/c1-16-5-4-6-18(20-16)12-22-14-19(15-22)8-7-17(13-23-19)11-21-9-2-3-10-21;3*3-2(4,5)1(6)7/h4-6,17H,2-3,7-15H2,1H3;3*(H,6,7). The Morgan fingerprint density at radius 3 is 1.68 bits per heavy atom. The monoisotopic (exact) mass is 657 g/mol. The van der Waals surface area contributed by atoms with Crippen molar-refractivity contribution in [1.29, 1.82) is 0 Å². The Morgan fingerprint density at radius 2 is 1.32 bits per heavy atom. The van der Waals surface area contributed by atoms with Crippen LogP contribution in [0.3, 0.4) is 0 Å². The van der Waals surface area contributed by atoms with Gasteiger partial charge in [-0.25, -0.2) is 14.4 Å². The highest BCUT2D eigenvalue weighted by atomic mass is 19.4. The average molecular weight is 658 g/mol. The Balaban J connectivity index is 0.000000379. The minimum atomic E-state index is -5.08. The molecule has 4 heterocycles. The number of ether oxygens (including phenoxy) is 1. The van der Waals surface area contributed by atoms with Crippen molar-refractivity contribution < 1.29 is 74.0 Å². The van der Waals surface area contributed by atoms with Crippen molar-refractivity contribution in [3.8, 4) is 0 Å². The van der Waals surface area contributed by atoms with Crippen LogP contribution in [-0.4, -0.2) is 111 Å². The summed E-state index contributed by atoms with van der Waals surface area (Å²) in [6, 6.07) is 6.30. The second-order valence-corrected chi connectivity index (χ2v) is 10.2. The van der Waals surface area contributed by atoms with Crippen LogP contribution < -0.4 is 0 Å². The molecule has 3 saturated heterocycles. The molecule has 1 aromatic heterocycles. The highest BCUT2D eigenvalue weighted by Gasteiger charge is 2.46. The number of aromatic nitrogens is 1. The van der Waals surface area contributed by atoms with Gasteiger partial charge in [-0.2, -0.15) is 39.5 Å². The van der Waals surface area contributed by atoms with Crippen LogP contribution in [0, 0.1) is 12.8 Å². The van der Waals surface area contributed by atoms with E-state index in [1.807, 2.05) is 0 Å². The van der Waals surface area contributed by atoms with Gasteiger partial charge < -0.3 is 25.0 Å². The van der Waals surface area contributed by atoms with Crippen molar-refractivity contribution in [3.05, 3.63) is 29.6 Å². The smallest absolute Gasteiger partial charge is 0.475 e. The van der Waals surface area contributed by atoms with Crippen molar-refractivity contribution in [1.82, 2.24) is 14.8 Å². The molecular weight excluding hydrogens is 625 g/mol. The summed E-state index contributed by atoms with van der Waals surface area (Å²) >= 11 is 0. The fourth-order valence-corrected chi connectivity index (χ4v) is 4.44. The van der Waals surface area contributed by atoms with Gasteiger partial charge in [-0.05, 0) is 63.7 Å². The molecule has 3 aliphatic rings. The highest BCUT2D eigenvalue weighted by Crippen LogP contribution is 2.37. The summed E-state index contributed by atoms with van der Waals surface area (Å²) in [5.41, 5.74) is 2.45. The van der Waals surface area contributed by atoms with E-state index in [1.165, 1.54) is 51.0 Å². The Kier molecular flexibility index (Phi) is 14.3. The topological polar surface area (TPSA) is 140 Å². The molecule has 252 valence electrons. The third kappa shape index (κ3) is 14.5. The van der Waals surface area contributed by atoms with E-state index in [0.29, 0.717) is 0 Å². The zero-order valence-electron chi connectivity index (χ0n) is 23.3. The van der Waals surface area contributed by atoms with Crippen molar-refractivity contribution in [2.45, 2.75) is 63.3 Å². The van der Waals surface area contributed by atoms with Gasteiger partial charge in [0.2, 0.25) is 0 Å². The van der Waals surface area contributed by atoms with Crippen LogP contribution in [-0.2, 0) is 25.7 Å². The van der Waals surface area contributed by atoms with Gasteiger partial charge in [0.1, 0.15) is 0 Å². The zero-order chi connectivity index (χ0) is 33.9. The molecule has 1 aromatic rings. The minimum Gasteiger partial charge on any atom is -0.475 e. The molecule has 1 atom stereocenters. The molecule has 3 fully saturated rings. The van der Waals surface area contributed by atoms with Crippen molar-refractivity contribution in [2.24, 2.45) is 5.92 Å². The number of halogens is 9. The number of carbonyl (C=O) groups is 3. The summed E-state index contributed by atoms with van der Waals surface area (Å²) in [6.45, 7) is 10.0. The number of aliphatic carboxylic acids is 3. The van der Waals surface area contributed by atoms with Crippen molar-refractivity contribution in [3.63, 3.8) is 0 Å². The quantitative estimate of drug-likeness (QED) is 0.400. The fourth-order valence-electron chi connectivity index (χ4n) is 4.44. The van der Waals surface area contributed by atoms with Gasteiger partial charge in [-0.15, -0.1) is 0 Å². The molecule has 0 aliphatic carbocycles. The first-order chi connectivity index (χ1) is 20.0. The van der Waals surface area contributed by atoms with Crippen molar-refractivity contribution in [2.75, 3.05) is 39.3 Å². The first-order valence-corrected chi connectivity index (χ1v) is 13.0. The second kappa shape index (κ2) is 16.2. The number of alkyl halides is 9. The summed E-state index contributed by atoms with van der Waals surface area (Å²) in [5.74, 6) is -7.52. The van der Waals surface area contributed by atoms with Gasteiger partial charge in [0.15, 0.2) is 0 Å². The average Bonchev–Trinajstić information content (AvgIpc) is 3.37. The molecule has 0 radical (unpaired) electrons. The van der Waals surface area contributed by atoms with Crippen LogP contribution in [0.25, 0.3) is 0 Å². The number of likely N-dealkylation sites (tertiary alicyclic amines) is 2. The second-order valence-electron chi connectivity index (χ2n) is 10.2. The van der Waals surface area contributed by atoms with Crippen LogP contribution in [0.1, 0.15) is 37.1 Å². The summed E-state index contributed by atoms with van der Waals surface area (Å²) in [4.78, 5) is 36.4. The number of hydrogen-bond donors (Lipinski definition) is 3. The van der Waals surface area contributed by atoms with E-state index < -0.39 is 36.4 Å². The van der Waals surface area contributed by atoms with E-state index in [9.17, 15) is 39.5 Å². The largest absolute Gasteiger partial charge is 0.490 e. The predicted octanol–water partition coefficient (Wildman–Crippen LogP) is 4.37. The molecule has 3 aliphatic heterocycles. The number of pyridine rings is 1. The third-order valence-corrected chi connectivity index (χ3v) is 6.43. The maximum atomic E-state index is 10.6. The molecule has 10 nitrogen and oxygen atoms in total. The van der Waals surface area contributed by atoms with E-state index in [4.69, 9.17) is 34.4 Å². The maximum absolute atomic E-state index is 10.6. The van der Waals surface area contributed by atoms with E-state index in [0.717, 1.165) is 37.9 Å². The van der Waals surface area contributed by atoms with E-state index >= 15 is 0 Å². The Labute approximate surface area is 245 Å². The van der Waals surface area contributed by atoms with Crippen LogP contribution in [0.15, 0.2) is 18.2 Å². The van der Waals surface area contributed by atoms with Gasteiger partial charge in [0.05, 0.1) is 17.9 Å². The molecule has 1 spiro atoms. The molecule has 1 unspecified atom stereocenters. The van der Waals surface area contributed by atoms with Gasteiger partial charge in [0, 0.05) is 31.9 Å². The Morgan fingerprint density at radius 1 is 0.864 bits per heavy atom. The zero-order valence-corrected chi connectivity index (χ0v) is 23.3. The van der Waals surface area contributed by atoms with Crippen LogP contribution in [0.2, 0.25) is 0 Å². The van der Waals surface area contributed by atoms with Gasteiger partial charge in [-0.3, -0.25) is 9.88 Å². The van der Waals surface area contributed by atoms with Crippen LogP contribution in [0.5, 0.6) is 0 Å². The molecule has 44 heavy (non-hydrogen) atoms. The molecule has 3 N–H and O–H groups in total. The normalized spacial score (nSPS) is 20.1. The summed E-state index contributed by atoms with van der Waals surface area (Å²) in [7, 11) is 0. The number of aryl methyl sites for hydroxylation is 1. The Hall–Kier alpha value is -3.19. The molecule has 0 bridgehead atoms. The number of rotatable bonds is 4. The third-order valence-electron chi connectivity index (χ3n) is 6.43. The SMILES string of the molecule is Cc1cccc(CN2CC3(CCC(CN4CCCC4)CO3)C2)n1.O=C(O)C(F)(F)F.O=C(O)C(F)(F)F.O=C(O)C(F)(F)F. The lowest BCUT2D eigenvalue weighted by Crippen LogP contribution is -2.64. The van der Waals surface area contributed by atoms with Crippen molar-refractivity contribution >= 4 is 17.9 Å². The molecule has 0 aromatic carbocycles. The molecule has 19 heteroatoms. The highest BCUT2D eigenvalue weighted by molar-refractivity contribution is 5.73. The van der Waals surface area contributed by atoms with Gasteiger partial charge >= 0.3 is 36.4 Å². The number of carboxylic acid groups (broad SMARTS) is 3. The van der Waals surface area contributed by atoms with Crippen LogP contribution in [0.4, 0.5) is 39.5 Å². The molecule has 4 rings (SSSR count). The lowest BCUT2D eigenvalue weighted by molar-refractivity contribution is -0.193. The Bertz CT molecular complexity index is 1020. The van der Waals surface area contributed by atoms with E-state index in [1.54, 1.807) is 0 Å². The summed E-state index contributed by atoms with van der Waals surface area (Å²) < 4.78 is 102. The molecular formula is C25H32F9N3O7. The van der Waals surface area contributed by atoms with Gasteiger partial charge in [0.25, 0.3) is 0 Å². The first-order valence-electron chi connectivity index (χ1n) is 13.0.